The topological polar surface area (TPSA) is 38.1 Å². The number of hydrogen-bond donors (Lipinski definition) is 0. The summed E-state index contributed by atoms with van der Waals surface area (Å²) in [5, 5.41) is 1.98. The number of carbonyl (C=O) groups is 1. The number of nitrogens with zero attached hydrogens (tertiary/aromatic N) is 3. The molecular weight excluding hydrogens is 390 g/mol. The van der Waals surface area contributed by atoms with Gasteiger partial charge in [0.1, 0.15) is 5.82 Å². The third-order valence-corrected chi connectivity index (χ3v) is 7.15. The van der Waals surface area contributed by atoms with Gasteiger partial charge >= 0.3 is 0 Å². The molecule has 158 valence electrons. The number of carbonyl (C=O) groups excluding carboxylic acids is 1. The lowest BCUT2D eigenvalue weighted by molar-refractivity contribution is 0.0610. The zero-order chi connectivity index (χ0) is 21.1. The van der Waals surface area contributed by atoms with Crippen molar-refractivity contribution >= 4 is 17.2 Å². The number of amides is 1. The van der Waals surface area contributed by atoms with Crippen LogP contribution in [-0.4, -0.2) is 26.4 Å². The SMILES string of the molecule is Cc1cc(C)c(Cn2ccnc2CN(C(=O)c2cccs2)C2CCCCC2)c(C)c1. The number of imidazole rings is 1. The summed E-state index contributed by atoms with van der Waals surface area (Å²) < 4.78 is 2.21. The first-order valence-electron chi connectivity index (χ1n) is 10.9. The van der Waals surface area contributed by atoms with E-state index in [1.807, 2.05) is 29.9 Å². The molecule has 30 heavy (non-hydrogen) atoms. The molecule has 0 aliphatic heterocycles. The Hall–Kier alpha value is -2.40. The van der Waals surface area contributed by atoms with Crippen molar-refractivity contribution in [3.8, 4) is 0 Å². The molecule has 1 saturated carbocycles. The highest BCUT2D eigenvalue weighted by Gasteiger charge is 2.28. The molecule has 0 saturated heterocycles. The highest BCUT2D eigenvalue weighted by Crippen LogP contribution is 2.27. The smallest absolute Gasteiger partial charge is 0.264 e. The van der Waals surface area contributed by atoms with Crippen LogP contribution >= 0.6 is 11.3 Å². The molecule has 1 aromatic carbocycles. The van der Waals surface area contributed by atoms with Crippen LogP contribution in [0.3, 0.4) is 0 Å². The van der Waals surface area contributed by atoms with Crippen LogP contribution < -0.4 is 0 Å². The maximum absolute atomic E-state index is 13.3. The van der Waals surface area contributed by atoms with Gasteiger partial charge in [0.25, 0.3) is 5.91 Å². The largest absolute Gasteiger partial charge is 0.329 e. The number of aromatic nitrogens is 2. The summed E-state index contributed by atoms with van der Waals surface area (Å²) in [5.74, 6) is 1.11. The van der Waals surface area contributed by atoms with Crippen molar-refractivity contribution in [1.82, 2.24) is 14.5 Å². The molecule has 0 unspecified atom stereocenters. The number of rotatable bonds is 6. The molecule has 0 bridgehead atoms. The highest BCUT2D eigenvalue weighted by atomic mass is 32.1. The minimum atomic E-state index is 0.147. The van der Waals surface area contributed by atoms with E-state index in [2.05, 4.69) is 47.4 Å². The van der Waals surface area contributed by atoms with Crippen molar-refractivity contribution in [2.45, 2.75) is 72.0 Å². The Bertz CT molecular complexity index is 976. The number of benzene rings is 1. The Morgan fingerprint density at radius 3 is 2.57 bits per heavy atom. The first kappa shape index (κ1) is 20.9. The van der Waals surface area contributed by atoms with E-state index in [1.54, 1.807) is 0 Å². The Kier molecular flexibility index (Phi) is 6.38. The molecule has 4 rings (SSSR count). The predicted octanol–water partition coefficient (Wildman–Crippen LogP) is 5.89. The lowest BCUT2D eigenvalue weighted by Gasteiger charge is -2.34. The standard InChI is InChI=1S/C25H31N3OS/c1-18-14-19(2)22(20(3)15-18)16-27-12-11-26-24(27)17-28(21-8-5-4-6-9-21)25(29)23-10-7-13-30-23/h7,10-15,21H,4-6,8-9,16-17H2,1-3H3. The second kappa shape index (κ2) is 9.17. The van der Waals surface area contributed by atoms with E-state index in [0.717, 1.165) is 30.1 Å². The van der Waals surface area contributed by atoms with Gasteiger partial charge in [-0.15, -0.1) is 11.3 Å². The fourth-order valence-corrected chi connectivity index (χ4v) is 5.40. The van der Waals surface area contributed by atoms with Crippen LogP contribution in [0.25, 0.3) is 0 Å². The Labute approximate surface area is 183 Å². The summed E-state index contributed by atoms with van der Waals surface area (Å²) in [4.78, 5) is 20.9. The van der Waals surface area contributed by atoms with E-state index in [9.17, 15) is 4.79 Å². The maximum Gasteiger partial charge on any atom is 0.264 e. The Morgan fingerprint density at radius 1 is 1.17 bits per heavy atom. The van der Waals surface area contributed by atoms with Gasteiger partial charge in [-0.2, -0.15) is 0 Å². The number of thiophene rings is 1. The molecule has 0 spiro atoms. The van der Waals surface area contributed by atoms with E-state index >= 15 is 0 Å². The normalized spacial score (nSPS) is 14.8. The van der Waals surface area contributed by atoms with E-state index in [-0.39, 0.29) is 5.91 Å². The lowest BCUT2D eigenvalue weighted by atomic mass is 9.94. The average molecular weight is 422 g/mol. The summed E-state index contributed by atoms with van der Waals surface area (Å²) in [5.41, 5.74) is 5.26. The summed E-state index contributed by atoms with van der Waals surface area (Å²) in [6, 6.07) is 8.69. The van der Waals surface area contributed by atoms with Gasteiger partial charge in [0, 0.05) is 25.0 Å². The second-order valence-electron chi connectivity index (χ2n) is 8.55. The summed E-state index contributed by atoms with van der Waals surface area (Å²) in [6.07, 6.45) is 9.77. The molecule has 3 aromatic rings. The number of hydrogen-bond acceptors (Lipinski definition) is 3. The Morgan fingerprint density at radius 2 is 1.90 bits per heavy atom. The lowest BCUT2D eigenvalue weighted by Crippen LogP contribution is -2.41. The van der Waals surface area contributed by atoms with Gasteiger partial charge < -0.3 is 9.47 Å². The fourth-order valence-electron chi connectivity index (χ4n) is 4.72. The van der Waals surface area contributed by atoms with Crippen LogP contribution in [0.15, 0.2) is 42.0 Å². The average Bonchev–Trinajstić information content (AvgIpc) is 3.41. The fraction of sp³-hybridized carbons (Fsp3) is 0.440. The van der Waals surface area contributed by atoms with Gasteiger partial charge in [-0.05, 0) is 61.7 Å². The van der Waals surface area contributed by atoms with Crippen LogP contribution in [0.1, 0.15) is 69.9 Å². The van der Waals surface area contributed by atoms with Gasteiger partial charge in [0.2, 0.25) is 0 Å². The number of aryl methyl sites for hydroxylation is 3. The third kappa shape index (κ3) is 4.51. The van der Waals surface area contributed by atoms with E-state index in [4.69, 9.17) is 0 Å². The molecule has 1 aliphatic rings. The van der Waals surface area contributed by atoms with Gasteiger partial charge in [-0.25, -0.2) is 4.98 Å². The van der Waals surface area contributed by atoms with Gasteiger partial charge in [-0.3, -0.25) is 4.79 Å². The molecule has 2 heterocycles. The minimum Gasteiger partial charge on any atom is -0.329 e. The van der Waals surface area contributed by atoms with Crippen LogP contribution in [0, 0.1) is 20.8 Å². The quantitative estimate of drug-likeness (QED) is 0.497. The van der Waals surface area contributed by atoms with E-state index in [0.29, 0.717) is 12.6 Å². The summed E-state index contributed by atoms with van der Waals surface area (Å²) in [6.45, 7) is 7.86. The van der Waals surface area contributed by atoms with Gasteiger partial charge in [0.15, 0.2) is 0 Å². The predicted molar refractivity (Wildman–Crippen MR) is 123 cm³/mol. The molecule has 2 aromatic heterocycles. The minimum absolute atomic E-state index is 0.147. The summed E-state index contributed by atoms with van der Waals surface area (Å²) in [7, 11) is 0. The molecule has 1 amide bonds. The van der Waals surface area contributed by atoms with Crippen molar-refractivity contribution in [1.29, 1.82) is 0 Å². The van der Waals surface area contributed by atoms with Crippen molar-refractivity contribution in [3.63, 3.8) is 0 Å². The maximum atomic E-state index is 13.3. The molecular formula is C25H31N3OS. The zero-order valence-electron chi connectivity index (χ0n) is 18.2. The van der Waals surface area contributed by atoms with Crippen molar-refractivity contribution in [2.75, 3.05) is 0 Å². The first-order chi connectivity index (χ1) is 14.5. The summed E-state index contributed by atoms with van der Waals surface area (Å²) >= 11 is 1.53. The zero-order valence-corrected chi connectivity index (χ0v) is 19.0. The van der Waals surface area contributed by atoms with Gasteiger partial charge in [-0.1, -0.05) is 43.0 Å². The van der Waals surface area contributed by atoms with E-state index in [1.165, 1.54) is 52.9 Å². The Balaban J connectivity index is 1.60. The van der Waals surface area contributed by atoms with Crippen molar-refractivity contribution < 1.29 is 4.79 Å². The molecule has 1 fully saturated rings. The van der Waals surface area contributed by atoms with Crippen LogP contribution in [-0.2, 0) is 13.1 Å². The highest BCUT2D eigenvalue weighted by molar-refractivity contribution is 7.12. The molecule has 4 nitrogen and oxygen atoms in total. The van der Waals surface area contributed by atoms with Crippen LogP contribution in [0.2, 0.25) is 0 Å². The third-order valence-electron chi connectivity index (χ3n) is 6.29. The van der Waals surface area contributed by atoms with Crippen LogP contribution in [0.5, 0.6) is 0 Å². The van der Waals surface area contributed by atoms with E-state index < -0.39 is 0 Å². The monoisotopic (exact) mass is 421 g/mol. The van der Waals surface area contributed by atoms with Gasteiger partial charge in [0.05, 0.1) is 11.4 Å². The molecule has 1 aliphatic carbocycles. The van der Waals surface area contributed by atoms with Crippen molar-refractivity contribution in [2.24, 2.45) is 0 Å². The molecule has 0 N–H and O–H groups in total. The molecule has 0 atom stereocenters. The first-order valence-corrected chi connectivity index (χ1v) is 11.8. The second-order valence-corrected chi connectivity index (χ2v) is 9.50. The van der Waals surface area contributed by atoms with Crippen molar-refractivity contribution in [3.05, 3.63) is 75.0 Å². The van der Waals surface area contributed by atoms with Crippen LogP contribution in [0.4, 0.5) is 0 Å². The molecule has 5 heteroatoms. The molecule has 0 radical (unpaired) electrons.